The Morgan fingerprint density at radius 2 is 1.65 bits per heavy atom. The lowest BCUT2D eigenvalue weighted by Gasteiger charge is -2.09. The number of benzene rings is 2. The number of aromatic nitrogens is 1. The quantitative estimate of drug-likeness (QED) is 0.713. The van der Waals surface area contributed by atoms with E-state index in [1.54, 1.807) is 6.92 Å². The van der Waals surface area contributed by atoms with Crippen LogP contribution < -0.4 is 10.0 Å². The first-order chi connectivity index (χ1) is 12.3. The van der Waals surface area contributed by atoms with E-state index in [1.807, 2.05) is 0 Å². The van der Waals surface area contributed by atoms with Crippen LogP contribution in [-0.4, -0.2) is 19.5 Å². The number of nitrogens with zero attached hydrogens (tertiary/aromatic N) is 1. The van der Waals surface area contributed by atoms with Gasteiger partial charge < -0.3 is 9.84 Å². The van der Waals surface area contributed by atoms with E-state index < -0.39 is 21.7 Å². The first-order valence-corrected chi connectivity index (χ1v) is 8.95. The van der Waals surface area contributed by atoms with E-state index >= 15 is 0 Å². The number of carbonyl (C=O) groups is 1. The van der Waals surface area contributed by atoms with Crippen LogP contribution in [0.15, 0.2) is 64.0 Å². The number of carbonyl (C=O) groups excluding carboxylic acids is 1. The number of hydrogen-bond donors (Lipinski definition) is 2. The molecule has 26 heavy (non-hydrogen) atoms. The summed E-state index contributed by atoms with van der Waals surface area (Å²) in [5, 5.41) is 6.24. The van der Waals surface area contributed by atoms with Crippen molar-refractivity contribution >= 4 is 27.3 Å². The zero-order valence-corrected chi connectivity index (χ0v) is 14.4. The van der Waals surface area contributed by atoms with Crippen molar-refractivity contribution in [3.63, 3.8) is 0 Å². The monoisotopic (exact) mass is 375 g/mol. The van der Waals surface area contributed by atoms with Gasteiger partial charge in [-0.2, -0.15) is 0 Å². The highest BCUT2D eigenvalue weighted by Gasteiger charge is 2.15. The highest BCUT2D eigenvalue weighted by molar-refractivity contribution is 7.92. The normalized spacial score (nSPS) is 11.2. The fourth-order valence-corrected chi connectivity index (χ4v) is 3.17. The molecule has 134 valence electrons. The highest BCUT2D eigenvalue weighted by Crippen LogP contribution is 2.19. The van der Waals surface area contributed by atoms with Crippen molar-refractivity contribution in [3.8, 4) is 0 Å². The van der Waals surface area contributed by atoms with Crippen molar-refractivity contribution in [1.29, 1.82) is 0 Å². The summed E-state index contributed by atoms with van der Waals surface area (Å²) >= 11 is 0. The van der Waals surface area contributed by atoms with E-state index in [-0.39, 0.29) is 10.7 Å². The number of anilines is 2. The molecule has 0 aliphatic heterocycles. The first kappa shape index (κ1) is 17.6. The summed E-state index contributed by atoms with van der Waals surface area (Å²) in [5.74, 6) is -0.917. The molecule has 0 radical (unpaired) electrons. The summed E-state index contributed by atoms with van der Waals surface area (Å²) in [7, 11) is -3.83. The van der Waals surface area contributed by atoms with Gasteiger partial charge in [-0.1, -0.05) is 5.16 Å². The molecule has 7 nitrogen and oxygen atoms in total. The molecule has 2 aromatic carbocycles. The van der Waals surface area contributed by atoms with Crippen molar-refractivity contribution in [2.45, 2.75) is 11.8 Å². The van der Waals surface area contributed by atoms with Gasteiger partial charge in [0.1, 0.15) is 5.82 Å². The van der Waals surface area contributed by atoms with Crippen LogP contribution in [0.25, 0.3) is 0 Å². The van der Waals surface area contributed by atoms with Crippen LogP contribution in [0.4, 0.5) is 15.8 Å². The van der Waals surface area contributed by atoms with Gasteiger partial charge in [0, 0.05) is 17.4 Å². The molecular weight excluding hydrogens is 361 g/mol. The predicted octanol–water partition coefficient (Wildman–Crippen LogP) is 3.18. The molecule has 1 aromatic heterocycles. The van der Waals surface area contributed by atoms with Crippen LogP contribution in [0.3, 0.4) is 0 Å². The molecule has 0 aliphatic rings. The number of hydrogen-bond acceptors (Lipinski definition) is 5. The van der Waals surface area contributed by atoms with Gasteiger partial charge in [0.05, 0.1) is 10.6 Å². The molecule has 0 atom stereocenters. The minimum Gasteiger partial charge on any atom is -0.351 e. The number of amides is 1. The fraction of sp³-hybridized carbons (Fsp3) is 0.0588. The zero-order chi connectivity index (χ0) is 18.7. The maximum absolute atomic E-state index is 12.9. The average Bonchev–Trinajstić information content (AvgIpc) is 3.03. The Morgan fingerprint density at radius 3 is 2.23 bits per heavy atom. The molecule has 9 heteroatoms. The lowest BCUT2D eigenvalue weighted by Crippen LogP contribution is -2.13. The Hall–Kier alpha value is -3.20. The third kappa shape index (κ3) is 4.06. The minimum atomic E-state index is -3.83. The molecule has 0 fully saturated rings. The number of sulfonamides is 1. The third-order valence-electron chi connectivity index (χ3n) is 3.37. The van der Waals surface area contributed by atoms with Crippen LogP contribution in [-0.2, 0) is 10.0 Å². The van der Waals surface area contributed by atoms with Crippen LogP contribution >= 0.6 is 0 Å². The second-order valence-corrected chi connectivity index (χ2v) is 7.11. The zero-order valence-electron chi connectivity index (χ0n) is 13.6. The van der Waals surface area contributed by atoms with Crippen LogP contribution in [0.5, 0.6) is 0 Å². The van der Waals surface area contributed by atoms with Crippen molar-refractivity contribution in [1.82, 2.24) is 5.16 Å². The minimum absolute atomic E-state index is 0.0584. The summed E-state index contributed by atoms with van der Waals surface area (Å²) in [6.45, 7) is 1.70. The molecule has 0 saturated carbocycles. The van der Waals surface area contributed by atoms with Crippen LogP contribution in [0.2, 0.25) is 0 Å². The van der Waals surface area contributed by atoms with Gasteiger partial charge in [-0.3, -0.25) is 9.52 Å². The van der Waals surface area contributed by atoms with Gasteiger partial charge in [-0.25, -0.2) is 12.8 Å². The van der Waals surface area contributed by atoms with Crippen LogP contribution in [0.1, 0.15) is 16.2 Å². The SMILES string of the molecule is Cc1cc(C(=O)Nc2ccc(NS(=O)(=O)c3ccc(F)cc3)cc2)on1. The highest BCUT2D eigenvalue weighted by atomic mass is 32.2. The largest absolute Gasteiger partial charge is 0.351 e. The topological polar surface area (TPSA) is 101 Å². The van der Waals surface area contributed by atoms with Gasteiger partial charge >= 0.3 is 0 Å². The van der Waals surface area contributed by atoms with E-state index in [4.69, 9.17) is 4.52 Å². The molecule has 0 unspecified atom stereocenters. The van der Waals surface area contributed by atoms with E-state index in [2.05, 4.69) is 15.2 Å². The summed E-state index contributed by atoms with van der Waals surface area (Å²) < 4.78 is 44.6. The smallest absolute Gasteiger partial charge is 0.294 e. The van der Waals surface area contributed by atoms with Crippen molar-refractivity contribution in [2.24, 2.45) is 0 Å². The molecule has 0 spiro atoms. The van der Waals surface area contributed by atoms with Gasteiger partial charge in [0.25, 0.3) is 15.9 Å². The lowest BCUT2D eigenvalue weighted by molar-refractivity contribution is 0.0988. The second kappa shape index (κ2) is 6.96. The summed E-state index contributed by atoms with van der Waals surface area (Å²) in [4.78, 5) is 11.9. The van der Waals surface area contributed by atoms with E-state index in [0.717, 1.165) is 12.1 Å². The summed E-state index contributed by atoms with van der Waals surface area (Å²) in [5.41, 5.74) is 1.33. The molecule has 0 saturated heterocycles. The Bertz CT molecular complexity index is 1030. The van der Waals surface area contributed by atoms with Crippen LogP contribution in [0, 0.1) is 12.7 Å². The number of aryl methyl sites for hydroxylation is 1. The Balaban J connectivity index is 1.69. The fourth-order valence-electron chi connectivity index (χ4n) is 2.11. The van der Waals surface area contributed by atoms with Gasteiger partial charge in [-0.05, 0) is 55.5 Å². The number of rotatable bonds is 5. The first-order valence-electron chi connectivity index (χ1n) is 7.47. The standard InChI is InChI=1S/C17H14FN3O4S/c1-11-10-16(25-20-11)17(22)19-13-4-6-14(7-5-13)21-26(23,24)15-8-2-12(18)3-9-15/h2-10,21H,1H3,(H,19,22). The van der Waals surface area contributed by atoms with Gasteiger partial charge in [0.15, 0.2) is 0 Å². The molecule has 3 aromatic rings. The van der Waals surface area contributed by atoms with Crippen molar-refractivity contribution in [3.05, 3.63) is 71.9 Å². The molecule has 1 amide bonds. The van der Waals surface area contributed by atoms with Crippen molar-refractivity contribution in [2.75, 3.05) is 10.0 Å². The Morgan fingerprint density at radius 1 is 1.04 bits per heavy atom. The maximum Gasteiger partial charge on any atom is 0.294 e. The molecular formula is C17H14FN3O4S. The molecule has 0 bridgehead atoms. The molecule has 2 N–H and O–H groups in total. The summed E-state index contributed by atoms with van der Waals surface area (Å²) in [6.07, 6.45) is 0. The Labute approximate surface area is 148 Å². The third-order valence-corrected chi connectivity index (χ3v) is 4.77. The molecule has 3 rings (SSSR count). The van der Waals surface area contributed by atoms with Gasteiger partial charge in [0.2, 0.25) is 5.76 Å². The van der Waals surface area contributed by atoms with E-state index in [0.29, 0.717) is 17.1 Å². The summed E-state index contributed by atoms with van der Waals surface area (Å²) in [6, 6.07) is 12.0. The van der Waals surface area contributed by atoms with E-state index in [9.17, 15) is 17.6 Å². The lowest BCUT2D eigenvalue weighted by atomic mass is 10.3. The second-order valence-electron chi connectivity index (χ2n) is 5.42. The van der Waals surface area contributed by atoms with Crippen molar-refractivity contribution < 1.29 is 22.1 Å². The molecule has 0 aliphatic carbocycles. The number of halogens is 1. The number of nitrogens with one attached hydrogen (secondary N) is 2. The van der Waals surface area contributed by atoms with Gasteiger partial charge in [-0.15, -0.1) is 0 Å². The Kier molecular flexibility index (Phi) is 4.72. The predicted molar refractivity (Wildman–Crippen MR) is 92.8 cm³/mol. The maximum atomic E-state index is 12.9. The van der Waals surface area contributed by atoms with E-state index in [1.165, 1.54) is 42.5 Å². The molecule has 1 heterocycles. The average molecular weight is 375 g/mol.